The Bertz CT molecular complexity index is 1420. The van der Waals surface area contributed by atoms with Crippen molar-refractivity contribution in [2.75, 3.05) is 31.7 Å². The van der Waals surface area contributed by atoms with Crippen LogP contribution in [0.2, 0.25) is 0 Å². The van der Waals surface area contributed by atoms with Crippen LogP contribution in [0.4, 0.5) is 5.69 Å². The molecule has 7 nitrogen and oxygen atoms in total. The zero-order chi connectivity index (χ0) is 24.2. The molecular formula is C27H26N2O5. The van der Waals surface area contributed by atoms with Gasteiger partial charge in [0.25, 0.3) is 11.8 Å². The van der Waals surface area contributed by atoms with Crippen LogP contribution in [0.15, 0.2) is 58.3 Å². The van der Waals surface area contributed by atoms with Crippen LogP contribution >= 0.6 is 0 Å². The van der Waals surface area contributed by atoms with Gasteiger partial charge in [0, 0.05) is 32.4 Å². The molecule has 2 aromatic carbocycles. The summed E-state index contributed by atoms with van der Waals surface area (Å²) in [7, 11) is 1.58. The molecule has 2 aliphatic heterocycles. The molecule has 7 heteroatoms. The predicted octanol–water partition coefficient (Wildman–Crippen LogP) is 3.68. The Hall–Kier alpha value is -3.71. The van der Waals surface area contributed by atoms with Gasteiger partial charge in [0.1, 0.15) is 5.58 Å². The number of methoxy groups -OCH3 is 1. The maximum Gasteiger partial charge on any atom is 0.291 e. The molecule has 0 bridgehead atoms. The molecule has 3 heterocycles. The molecule has 1 aromatic heterocycles. The number of carbonyl (C=O) groups excluding carboxylic acids is 2. The molecule has 3 aromatic rings. The van der Waals surface area contributed by atoms with E-state index in [-0.39, 0.29) is 35.7 Å². The highest BCUT2D eigenvalue weighted by Gasteiger charge is 2.64. The third-order valence-corrected chi connectivity index (χ3v) is 6.89. The lowest BCUT2D eigenvalue weighted by molar-refractivity contribution is -0.126. The molecule has 0 N–H and O–H groups in total. The summed E-state index contributed by atoms with van der Waals surface area (Å²) in [6, 6.07) is 10.8. The van der Waals surface area contributed by atoms with E-state index in [0.29, 0.717) is 35.2 Å². The third kappa shape index (κ3) is 2.77. The Morgan fingerprint density at radius 1 is 1.12 bits per heavy atom. The minimum atomic E-state index is -1.59. The monoisotopic (exact) mass is 458 g/mol. The molecule has 2 amide bonds. The van der Waals surface area contributed by atoms with Gasteiger partial charge in [-0.25, -0.2) is 0 Å². The van der Waals surface area contributed by atoms with Crippen molar-refractivity contribution in [2.45, 2.75) is 25.8 Å². The van der Waals surface area contributed by atoms with E-state index in [1.165, 1.54) is 4.90 Å². The normalized spacial score (nSPS) is 18.8. The summed E-state index contributed by atoms with van der Waals surface area (Å²) in [5, 5.41) is 0.361. The molecule has 5 rings (SSSR count). The molecule has 0 saturated heterocycles. The van der Waals surface area contributed by atoms with Gasteiger partial charge in [-0.05, 0) is 49.6 Å². The molecule has 1 atom stereocenters. The standard InChI is InChI=1S/C27H26N2O5/c1-5-11-28-20-10-7-6-9-19(20)27(26(28)32)22-23(30)18-14-16(2)17(3)15-21(18)34-24(22)25(31)29(27)12-8-13-33-4/h5-7,9-10,14-15H,1,8,11-13H2,2-4H3/t27-/m1/s1. The van der Waals surface area contributed by atoms with Crippen molar-refractivity contribution in [1.82, 2.24) is 4.90 Å². The Labute approximate surface area is 197 Å². The van der Waals surface area contributed by atoms with E-state index in [1.54, 1.807) is 30.2 Å². The van der Waals surface area contributed by atoms with Gasteiger partial charge in [0.15, 0.2) is 11.0 Å². The van der Waals surface area contributed by atoms with Crippen molar-refractivity contribution in [2.24, 2.45) is 0 Å². The van der Waals surface area contributed by atoms with E-state index in [0.717, 1.165) is 11.1 Å². The first kappa shape index (κ1) is 22.1. The average molecular weight is 459 g/mol. The highest BCUT2D eigenvalue weighted by molar-refractivity contribution is 6.17. The number of benzene rings is 2. The summed E-state index contributed by atoms with van der Waals surface area (Å²) in [4.78, 5) is 45.1. The van der Waals surface area contributed by atoms with E-state index in [1.807, 2.05) is 38.1 Å². The largest absolute Gasteiger partial charge is 0.450 e. The smallest absolute Gasteiger partial charge is 0.291 e. The number of hydrogen-bond donors (Lipinski definition) is 0. The second-order valence-electron chi connectivity index (χ2n) is 8.80. The van der Waals surface area contributed by atoms with E-state index in [9.17, 15) is 14.4 Å². The lowest BCUT2D eigenvalue weighted by atomic mass is 9.83. The zero-order valence-electron chi connectivity index (χ0n) is 19.5. The molecule has 0 saturated carbocycles. The van der Waals surface area contributed by atoms with E-state index in [4.69, 9.17) is 9.15 Å². The summed E-state index contributed by atoms with van der Waals surface area (Å²) >= 11 is 0. The molecule has 1 spiro atoms. The molecule has 0 fully saturated rings. The maximum absolute atomic E-state index is 14.2. The summed E-state index contributed by atoms with van der Waals surface area (Å²) in [6.45, 7) is 8.52. The highest BCUT2D eigenvalue weighted by Crippen LogP contribution is 2.52. The number of nitrogens with zero attached hydrogens (tertiary/aromatic N) is 2. The van der Waals surface area contributed by atoms with Crippen molar-refractivity contribution in [3.63, 3.8) is 0 Å². The summed E-state index contributed by atoms with van der Waals surface area (Å²) < 4.78 is 11.3. The van der Waals surface area contributed by atoms with Gasteiger partial charge in [-0.15, -0.1) is 6.58 Å². The van der Waals surface area contributed by atoms with Crippen LogP contribution in [0.1, 0.15) is 39.2 Å². The molecule has 174 valence electrons. The second-order valence-corrected chi connectivity index (χ2v) is 8.80. The Morgan fingerprint density at radius 2 is 1.85 bits per heavy atom. The first-order chi connectivity index (χ1) is 16.4. The highest BCUT2D eigenvalue weighted by atomic mass is 16.5. The van der Waals surface area contributed by atoms with E-state index in [2.05, 4.69) is 6.58 Å². The van der Waals surface area contributed by atoms with Crippen molar-refractivity contribution < 1.29 is 18.7 Å². The van der Waals surface area contributed by atoms with Gasteiger partial charge in [-0.3, -0.25) is 14.4 Å². The van der Waals surface area contributed by atoms with Gasteiger partial charge in [-0.1, -0.05) is 24.3 Å². The predicted molar refractivity (Wildman–Crippen MR) is 129 cm³/mol. The number of aryl methyl sites for hydroxylation is 2. The Kier molecular flexibility index (Phi) is 5.17. The lowest BCUT2D eigenvalue weighted by Crippen LogP contribution is -2.53. The number of anilines is 1. The first-order valence-corrected chi connectivity index (χ1v) is 11.3. The lowest BCUT2D eigenvalue weighted by Gasteiger charge is -2.34. The van der Waals surface area contributed by atoms with Crippen molar-refractivity contribution >= 4 is 28.5 Å². The average Bonchev–Trinajstić information content (AvgIpc) is 3.21. The van der Waals surface area contributed by atoms with Crippen LogP contribution in [0.3, 0.4) is 0 Å². The number of fused-ring (bicyclic) bond motifs is 5. The molecule has 0 aliphatic carbocycles. The van der Waals surface area contributed by atoms with Gasteiger partial charge in [0.2, 0.25) is 5.76 Å². The van der Waals surface area contributed by atoms with Crippen LogP contribution in [-0.2, 0) is 15.1 Å². The maximum atomic E-state index is 14.2. The summed E-state index contributed by atoms with van der Waals surface area (Å²) in [5.74, 6) is -0.887. The molecule has 2 aliphatic rings. The van der Waals surface area contributed by atoms with Crippen LogP contribution in [0.5, 0.6) is 0 Å². The second kappa shape index (κ2) is 7.95. The van der Waals surface area contributed by atoms with Crippen LogP contribution in [0.25, 0.3) is 11.0 Å². The summed E-state index contributed by atoms with van der Waals surface area (Å²) in [6.07, 6.45) is 2.14. The number of para-hydroxylation sites is 1. The topological polar surface area (TPSA) is 80.1 Å². The zero-order valence-corrected chi connectivity index (χ0v) is 19.5. The van der Waals surface area contributed by atoms with Crippen LogP contribution in [0, 0.1) is 13.8 Å². The number of carbonyl (C=O) groups is 2. The minimum Gasteiger partial charge on any atom is -0.450 e. The molecular weight excluding hydrogens is 432 g/mol. The Balaban J connectivity index is 1.87. The van der Waals surface area contributed by atoms with Gasteiger partial charge < -0.3 is 19.0 Å². The van der Waals surface area contributed by atoms with Crippen LogP contribution < -0.4 is 10.3 Å². The fourth-order valence-electron chi connectivity index (χ4n) is 5.22. The summed E-state index contributed by atoms with van der Waals surface area (Å²) in [5.41, 5.74) is 1.63. The van der Waals surface area contributed by atoms with Crippen LogP contribution in [-0.4, -0.2) is 43.5 Å². The molecule has 0 unspecified atom stereocenters. The number of ether oxygens (including phenoxy) is 1. The van der Waals surface area contributed by atoms with Crippen molar-refractivity contribution in [3.05, 3.63) is 87.3 Å². The number of hydrogen-bond acceptors (Lipinski definition) is 5. The van der Waals surface area contributed by atoms with E-state index >= 15 is 0 Å². The van der Waals surface area contributed by atoms with Crippen molar-refractivity contribution in [1.29, 1.82) is 0 Å². The molecule has 34 heavy (non-hydrogen) atoms. The molecule has 0 radical (unpaired) electrons. The fourth-order valence-corrected chi connectivity index (χ4v) is 5.22. The van der Waals surface area contributed by atoms with Gasteiger partial charge in [0.05, 0.1) is 16.6 Å². The Morgan fingerprint density at radius 3 is 2.59 bits per heavy atom. The number of rotatable bonds is 6. The van der Waals surface area contributed by atoms with Gasteiger partial charge >= 0.3 is 0 Å². The number of amides is 2. The third-order valence-electron chi connectivity index (χ3n) is 6.89. The van der Waals surface area contributed by atoms with Gasteiger partial charge in [-0.2, -0.15) is 0 Å². The quantitative estimate of drug-likeness (QED) is 0.416. The van der Waals surface area contributed by atoms with E-state index < -0.39 is 11.4 Å². The fraction of sp³-hybridized carbons (Fsp3) is 0.296. The van der Waals surface area contributed by atoms with Crippen molar-refractivity contribution in [3.8, 4) is 0 Å². The minimum absolute atomic E-state index is 0.0678. The first-order valence-electron chi connectivity index (χ1n) is 11.3. The SMILES string of the molecule is C=CCN1C(=O)[C@@]2(c3ccccc31)c1c(oc3cc(C)c(C)cc3c1=O)C(=O)N2CCCOC.